The van der Waals surface area contributed by atoms with E-state index in [9.17, 15) is 9.59 Å². The molecule has 0 saturated heterocycles. The van der Waals surface area contributed by atoms with E-state index in [1.165, 1.54) is 18.2 Å². The zero-order chi connectivity index (χ0) is 26.7. The van der Waals surface area contributed by atoms with Gasteiger partial charge in [-0.15, -0.1) is 10.2 Å². The van der Waals surface area contributed by atoms with Gasteiger partial charge >= 0.3 is 0 Å². The Morgan fingerprint density at radius 2 is 1.76 bits per heavy atom. The standard InChI is InChI=1S/C27H29FN6O3/c1-17-10-13-19(14-11-17)25-30-32-33(31-25)16-23(35)34(21-9-7-6-8-20(21)28)24(22-15-12-18(2)37-22)26(36)29-27(3,4)5/h6-15,24H,16H2,1-5H3,(H,29,36)/t24-/m1/s1. The molecule has 0 aliphatic heterocycles. The molecule has 9 nitrogen and oxygen atoms in total. The summed E-state index contributed by atoms with van der Waals surface area (Å²) in [5, 5.41) is 15.3. The van der Waals surface area contributed by atoms with Gasteiger partial charge < -0.3 is 9.73 Å². The van der Waals surface area contributed by atoms with E-state index in [4.69, 9.17) is 4.42 Å². The first-order valence-corrected chi connectivity index (χ1v) is 11.8. The molecule has 0 saturated carbocycles. The highest BCUT2D eigenvalue weighted by Gasteiger charge is 2.38. The number of halogens is 1. The van der Waals surface area contributed by atoms with E-state index < -0.39 is 29.2 Å². The zero-order valence-electron chi connectivity index (χ0n) is 21.4. The number of nitrogens with one attached hydrogen (secondary N) is 1. The predicted molar refractivity (Wildman–Crippen MR) is 136 cm³/mol. The van der Waals surface area contributed by atoms with Crippen molar-refractivity contribution in [1.29, 1.82) is 0 Å². The van der Waals surface area contributed by atoms with Gasteiger partial charge in [-0.3, -0.25) is 14.5 Å². The van der Waals surface area contributed by atoms with Crippen LogP contribution in [0, 0.1) is 19.7 Å². The quantitative estimate of drug-likeness (QED) is 0.400. The zero-order valence-corrected chi connectivity index (χ0v) is 21.4. The van der Waals surface area contributed by atoms with Gasteiger partial charge in [0.25, 0.3) is 11.8 Å². The molecule has 0 aliphatic rings. The Bertz CT molecular complexity index is 1400. The molecule has 0 fully saturated rings. The van der Waals surface area contributed by atoms with E-state index in [1.54, 1.807) is 25.1 Å². The molecule has 0 spiro atoms. The molecule has 1 atom stereocenters. The van der Waals surface area contributed by atoms with Gasteiger partial charge in [-0.1, -0.05) is 42.0 Å². The molecule has 192 valence electrons. The van der Waals surface area contributed by atoms with Crippen LogP contribution < -0.4 is 10.2 Å². The number of aromatic nitrogens is 4. The predicted octanol–water partition coefficient (Wildman–Crippen LogP) is 4.38. The van der Waals surface area contributed by atoms with Crippen molar-refractivity contribution in [2.45, 2.75) is 52.7 Å². The fraction of sp³-hybridized carbons (Fsp3) is 0.296. The van der Waals surface area contributed by atoms with Crippen LogP contribution >= 0.6 is 0 Å². The minimum Gasteiger partial charge on any atom is -0.464 e. The topological polar surface area (TPSA) is 106 Å². The molecule has 4 aromatic rings. The number of benzene rings is 2. The number of rotatable bonds is 7. The molecular formula is C27H29FN6O3. The van der Waals surface area contributed by atoms with Crippen LogP contribution in [-0.4, -0.2) is 37.6 Å². The monoisotopic (exact) mass is 504 g/mol. The van der Waals surface area contributed by atoms with E-state index in [1.807, 2.05) is 52.0 Å². The molecular weight excluding hydrogens is 475 g/mol. The SMILES string of the molecule is Cc1ccc(-c2nnn(CC(=O)N(c3ccccc3F)[C@@H](C(=O)NC(C)(C)C)c3ccc(C)o3)n2)cc1. The van der Waals surface area contributed by atoms with Gasteiger partial charge in [0, 0.05) is 11.1 Å². The van der Waals surface area contributed by atoms with Crippen LogP contribution in [0.25, 0.3) is 11.4 Å². The average molecular weight is 505 g/mol. The summed E-state index contributed by atoms with van der Waals surface area (Å²) in [5.74, 6) is -0.729. The minimum atomic E-state index is -1.28. The highest BCUT2D eigenvalue weighted by Crippen LogP contribution is 2.32. The van der Waals surface area contributed by atoms with Crippen molar-refractivity contribution in [3.63, 3.8) is 0 Å². The van der Waals surface area contributed by atoms with Crippen molar-refractivity contribution in [2.24, 2.45) is 0 Å². The van der Waals surface area contributed by atoms with Crippen molar-refractivity contribution in [3.8, 4) is 11.4 Å². The van der Waals surface area contributed by atoms with E-state index in [0.717, 1.165) is 20.8 Å². The number of hydrogen-bond donors (Lipinski definition) is 1. The second kappa shape index (κ2) is 10.3. The molecule has 10 heteroatoms. The highest BCUT2D eigenvalue weighted by atomic mass is 19.1. The molecule has 0 aliphatic carbocycles. The first kappa shape index (κ1) is 25.7. The van der Waals surface area contributed by atoms with E-state index >= 15 is 4.39 Å². The Labute approximate surface area is 214 Å². The lowest BCUT2D eigenvalue weighted by Gasteiger charge is -2.32. The van der Waals surface area contributed by atoms with Crippen LogP contribution in [0.5, 0.6) is 0 Å². The maximum atomic E-state index is 15.1. The molecule has 1 N–H and O–H groups in total. The Kier molecular flexibility index (Phi) is 7.19. The summed E-state index contributed by atoms with van der Waals surface area (Å²) in [6, 6.07) is 15.3. The van der Waals surface area contributed by atoms with Crippen molar-refractivity contribution in [3.05, 3.63) is 83.6 Å². The third-order valence-electron chi connectivity index (χ3n) is 5.46. The minimum absolute atomic E-state index is 0.0746. The van der Waals surface area contributed by atoms with Crippen LogP contribution in [0.4, 0.5) is 10.1 Å². The molecule has 37 heavy (non-hydrogen) atoms. The van der Waals surface area contributed by atoms with E-state index in [2.05, 4.69) is 20.7 Å². The first-order chi connectivity index (χ1) is 17.5. The third kappa shape index (κ3) is 6.08. The van der Waals surface area contributed by atoms with Crippen molar-refractivity contribution in [1.82, 2.24) is 25.5 Å². The average Bonchev–Trinajstić information content (AvgIpc) is 3.46. The van der Waals surface area contributed by atoms with Crippen LogP contribution in [0.3, 0.4) is 0 Å². The number of hydrogen-bond acceptors (Lipinski definition) is 6. The van der Waals surface area contributed by atoms with Crippen LogP contribution in [0.15, 0.2) is 65.1 Å². The summed E-state index contributed by atoms with van der Waals surface area (Å²) in [4.78, 5) is 29.5. The van der Waals surface area contributed by atoms with E-state index in [-0.39, 0.29) is 18.0 Å². The maximum absolute atomic E-state index is 15.1. The highest BCUT2D eigenvalue weighted by molar-refractivity contribution is 6.01. The van der Waals surface area contributed by atoms with Gasteiger partial charge in [-0.05, 0) is 64.1 Å². The summed E-state index contributed by atoms with van der Waals surface area (Å²) in [6.07, 6.45) is 0. The fourth-order valence-electron chi connectivity index (χ4n) is 3.80. The number of para-hydroxylation sites is 1. The molecule has 2 aromatic carbocycles. The molecule has 0 bridgehead atoms. The van der Waals surface area contributed by atoms with Crippen LogP contribution in [-0.2, 0) is 16.1 Å². The fourth-order valence-corrected chi connectivity index (χ4v) is 3.80. The summed E-state index contributed by atoms with van der Waals surface area (Å²) < 4.78 is 20.8. The van der Waals surface area contributed by atoms with Gasteiger partial charge in [-0.2, -0.15) is 4.80 Å². The molecule has 0 unspecified atom stereocenters. The van der Waals surface area contributed by atoms with Crippen molar-refractivity contribution < 1.29 is 18.4 Å². The van der Waals surface area contributed by atoms with Crippen molar-refractivity contribution in [2.75, 3.05) is 4.90 Å². The Morgan fingerprint density at radius 3 is 2.38 bits per heavy atom. The summed E-state index contributed by atoms with van der Waals surface area (Å²) >= 11 is 0. The molecule has 0 radical (unpaired) electrons. The van der Waals surface area contributed by atoms with Gasteiger partial charge in [0.15, 0.2) is 6.04 Å². The molecule has 2 amide bonds. The largest absolute Gasteiger partial charge is 0.464 e. The van der Waals surface area contributed by atoms with Gasteiger partial charge in [0.05, 0.1) is 5.69 Å². The van der Waals surface area contributed by atoms with Crippen LogP contribution in [0.2, 0.25) is 0 Å². The van der Waals surface area contributed by atoms with E-state index in [0.29, 0.717) is 11.6 Å². The number of tetrazole rings is 1. The number of anilines is 1. The lowest BCUT2D eigenvalue weighted by Crippen LogP contribution is -2.50. The normalized spacial score (nSPS) is 12.3. The first-order valence-electron chi connectivity index (χ1n) is 11.8. The Hall–Kier alpha value is -4.34. The van der Waals surface area contributed by atoms with Gasteiger partial charge in [0.1, 0.15) is 23.9 Å². The number of nitrogens with zero attached hydrogens (tertiary/aromatic N) is 5. The number of furan rings is 1. The molecule has 2 heterocycles. The Morgan fingerprint density at radius 1 is 1.05 bits per heavy atom. The lowest BCUT2D eigenvalue weighted by atomic mass is 10.1. The molecule has 4 rings (SSSR count). The second-order valence-electron chi connectivity index (χ2n) is 9.81. The molecule has 2 aromatic heterocycles. The number of carbonyl (C=O) groups is 2. The third-order valence-corrected chi connectivity index (χ3v) is 5.46. The van der Waals surface area contributed by atoms with Crippen molar-refractivity contribution >= 4 is 17.5 Å². The Balaban J connectivity index is 1.73. The smallest absolute Gasteiger partial charge is 0.251 e. The summed E-state index contributed by atoms with van der Waals surface area (Å²) in [6.45, 7) is 8.76. The maximum Gasteiger partial charge on any atom is 0.251 e. The second-order valence-corrected chi connectivity index (χ2v) is 9.81. The van der Waals surface area contributed by atoms with Gasteiger partial charge in [0.2, 0.25) is 5.82 Å². The number of carbonyl (C=O) groups excluding carboxylic acids is 2. The van der Waals surface area contributed by atoms with Crippen LogP contribution in [0.1, 0.15) is 43.9 Å². The summed E-state index contributed by atoms with van der Waals surface area (Å²) in [7, 11) is 0. The van der Waals surface area contributed by atoms with Gasteiger partial charge in [-0.25, -0.2) is 4.39 Å². The number of aryl methyl sites for hydroxylation is 2. The number of amides is 2. The summed E-state index contributed by atoms with van der Waals surface area (Å²) in [5.41, 5.74) is 1.13. The lowest BCUT2D eigenvalue weighted by molar-refractivity contribution is -0.128.